The zero-order valence-corrected chi connectivity index (χ0v) is 15.6. The van der Waals surface area contributed by atoms with Crippen molar-refractivity contribution >= 4 is 17.4 Å². The fraction of sp³-hybridized carbons (Fsp3) is 0.381. The molecule has 1 heterocycles. The number of piperazine rings is 1. The molecule has 0 unspecified atom stereocenters. The zero-order chi connectivity index (χ0) is 18.0. The number of anilines is 2. The van der Waals surface area contributed by atoms with Crippen molar-refractivity contribution in [1.29, 1.82) is 0 Å². The van der Waals surface area contributed by atoms with Gasteiger partial charge in [0.2, 0.25) is 0 Å². The first-order valence-corrected chi connectivity index (χ1v) is 8.87. The summed E-state index contributed by atoms with van der Waals surface area (Å²) in [6.07, 6.45) is 0. The Labute approximate surface area is 150 Å². The third kappa shape index (κ3) is 3.78. The third-order valence-corrected chi connectivity index (χ3v) is 5.11. The Morgan fingerprint density at radius 1 is 0.880 bits per heavy atom. The van der Waals surface area contributed by atoms with E-state index in [1.807, 2.05) is 36.2 Å². The Kier molecular flexibility index (Phi) is 4.98. The first-order valence-electron chi connectivity index (χ1n) is 8.87. The second kappa shape index (κ2) is 7.18. The number of carbonyl (C=O) groups excluding carboxylic acids is 1. The van der Waals surface area contributed by atoms with E-state index in [1.54, 1.807) is 4.90 Å². The highest BCUT2D eigenvalue weighted by Gasteiger charge is 2.24. The van der Waals surface area contributed by atoms with E-state index in [0.717, 1.165) is 31.9 Å². The standard InChI is InChI=1S/C21H27N3O/c1-16-5-8-19(9-6-16)22(4)21(25)24-13-11-23(12-14-24)20-10-7-17(2)18(3)15-20/h5-10,15H,11-14H2,1-4H3. The molecule has 0 aliphatic carbocycles. The van der Waals surface area contributed by atoms with Crippen molar-refractivity contribution in [2.24, 2.45) is 0 Å². The molecule has 25 heavy (non-hydrogen) atoms. The molecule has 0 atom stereocenters. The molecule has 0 bridgehead atoms. The predicted octanol–water partition coefficient (Wildman–Crippen LogP) is 3.99. The van der Waals surface area contributed by atoms with Gasteiger partial charge in [-0.25, -0.2) is 4.79 Å². The normalized spacial score (nSPS) is 14.6. The summed E-state index contributed by atoms with van der Waals surface area (Å²) in [5, 5.41) is 0. The maximum Gasteiger partial charge on any atom is 0.324 e. The average molecular weight is 337 g/mol. The van der Waals surface area contributed by atoms with Gasteiger partial charge in [0.15, 0.2) is 0 Å². The smallest absolute Gasteiger partial charge is 0.324 e. The first-order chi connectivity index (χ1) is 12.0. The number of nitrogens with zero attached hydrogens (tertiary/aromatic N) is 3. The molecular weight excluding hydrogens is 310 g/mol. The monoisotopic (exact) mass is 337 g/mol. The lowest BCUT2D eigenvalue weighted by Crippen LogP contribution is -2.52. The van der Waals surface area contributed by atoms with Gasteiger partial charge in [0.1, 0.15) is 0 Å². The van der Waals surface area contributed by atoms with Gasteiger partial charge in [0.05, 0.1) is 0 Å². The molecule has 0 radical (unpaired) electrons. The number of hydrogen-bond donors (Lipinski definition) is 0. The van der Waals surface area contributed by atoms with E-state index in [2.05, 4.69) is 43.9 Å². The largest absolute Gasteiger partial charge is 0.368 e. The van der Waals surface area contributed by atoms with Crippen molar-refractivity contribution in [1.82, 2.24) is 4.90 Å². The van der Waals surface area contributed by atoms with Gasteiger partial charge in [-0.15, -0.1) is 0 Å². The lowest BCUT2D eigenvalue weighted by molar-refractivity contribution is 0.202. The maximum absolute atomic E-state index is 12.8. The number of rotatable bonds is 2. The van der Waals surface area contributed by atoms with Crippen LogP contribution in [0.25, 0.3) is 0 Å². The van der Waals surface area contributed by atoms with Gasteiger partial charge in [-0.3, -0.25) is 4.90 Å². The molecule has 1 aliphatic heterocycles. The van der Waals surface area contributed by atoms with Crippen LogP contribution in [-0.2, 0) is 0 Å². The summed E-state index contributed by atoms with van der Waals surface area (Å²) in [5.74, 6) is 0. The minimum Gasteiger partial charge on any atom is -0.368 e. The molecule has 4 heteroatoms. The molecule has 2 aromatic carbocycles. The minimum atomic E-state index is 0.0728. The molecule has 1 aliphatic rings. The van der Waals surface area contributed by atoms with Crippen LogP contribution in [0.5, 0.6) is 0 Å². The number of hydrogen-bond acceptors (Lipinski definition) is 2. The molecule has 0 aromatic heterocycles. The van der Waals surface area contributed by atoms with Crippen molar-refractivity contribution in [3.8, 4) is 0 Å². The molecule has 0 saturated carbocycles. The highest BCUT2D eigenvalue weighted by molar-refractivity contribution is 5.91. The number of aryl methyl sites for hydroxylation is 3. The van der Waals surface area contributed by atoms with Crippen LogP contribution in [-0.4, -0.2) is 44.2 Å². The lowest BCUT2D eigenvalue weighted by Gasteiger charge is -2.38. The van der Waals surface area contributed by atoms with E-state index in [0.29, 0.717) is 0 Å². The van der Waals surface area contributed by atoms with Crippen molar-refractivity contribution in [3.63, 3.8) is 0 Å². The molecular formula is C21H27N3O. The molecule has 0 N–H and O–H groups in total. The summed E-state index contributed by atoms with van der Waals surface area (Å²) >= 11 is 0. The fourth-order valence-corrected chi connectivity index (χ4v) is 3.17. The average Bonchev–Trinajstić information content (AvgIpc) is 2.63. The summed E-state index contributed by atoms with van der Waals surface area (Å²) in [5.41, 5.74) is 6.02. The first kappa shape index (κ1) is 17.3. The fourth-order valence-electron chi connectivity index (χ4n) is 3.17. The number of benzene rings is 2. The van der Waals surface area contributed by atoms with E-state index in [4.69, 9.17) is 0 Å². The van der Waals surface area contributed by atoms with Crippen molar-refractivity contribution in [2.75, 3.05) is 43.0 Å². The summed E-state index contributed by atoms with van der Waals surface area (Å²) < 4.78 is 0. The third-order valence-electron chi connectivity index (χ3n) is 5.11. The zero-order valence-electron chi connectivity index (χ0n) is 15.6. The summed E-state index contributed by atoms with van der Waals surface area (Å²) in [6, 6.07) is 14.7. The van der Waals surface area contributed by atoms with Gasteiger partial charge in [0, 0.05) is 44.6 Å². The van der Waals surface area contributed by atoms with E-state index in [9.17, 15) is 4.79 Å². The van der Waals surface area contributed by atoms with Crippen LogP contribution in [0.4, 0.5) is 16.2 Å². The number of carbonyl (C=O) groups is 1. The van der Waals surface area contributed by atoms with Gasteiger partial charge < -0.3 is 9.80 Å². The molecule has 0 spiro atoms. The predicted molar refractivity (Wildman–Crippen MR) is 105 cm³/mol. The maximum atomic E-state index is 12.8. The molecule has 2 aromatic rings. The van der Waals surface area contributed by atoms with Crippen LogP contribution in [0.3, 0.4) is 0 Å². The van der Waals surface area contributed by atoms with E-state index >= 15 is 0 Å². The molecule has 132 valence electrons. The van der Waals surface area contributed by atoms with Crippen LogP contribution < -0.4 is 9.80 Å². The van der Waals surface area contributed by atoms with Crippen LogP contribution in [0, 0.1) is 20.8 Å². The number of amides is 2. The second-order valence-corrected chi connectivity index (χ2v) is 6.92. The molecule has 3 rings (SSSR count). The quantitative estimate of drug-likeness (QED) is 0.828. The lowest BCUT2D eigenvalue weighted by atomic mass is 10.1. The van der Waals surface area contributed by atoms with Crippen LogP contribution in [0.2, 0.25) is 0 Å². The Morgan fingerprint density at radius 3 is 2.12 bits per heavy atom. The van der Waals surface area contributed by atoms with E-state index in [-0.39, 0.29) is 6.03 Å². The molecule has 1 fully saturated rings. The second-order valence-electron chi connectivity index (χ2n) is 6.92. The minimum absolute atomic E-state index is 0.0728. The van der Waals surface area contributed by atoms with Crippen LogP contribution in [0.15, 0.2) is 42.5 Å². The highest BCUT2D eigenvalue weighted by Crippen LogP contribution is 2.21. The van der Waals surface area contributed by atoms with E-state index in [1.165, 1.54) is 22.4 Å². The van der Waals surface area contributed by atoms with Gasteiger partial charge in [-0.05, 0) is 56.2 Å². The van der Waals surface area contributed by atoms with Crippen LogP contribution in [0.1, 0.15) is 16.7 Å². The molecule has 2 amide bonds. The SMILES string of the molecule is Cc1ccc(N(C)C(=O)N2CCN(c3ccc(C)c(C)c3)CC2)cc1. The summed E-state index contributed by atoms with van der Waals surface area (Å²) in [4.78, 5) is 18.8. The van der Waals surface area contributed by atoms with Crippen molar-refractivity contribution in [2.45, 2.75) is 20.8 Å². The van der Waals surface area contributed by atoms with Gasteiger partial charge in [-0.1, -0.05) is 23.8 Å². The number of urea groups is 1. The van der Waals surface area contributed by atoms with Gasteiger partial charge in [-0.2, -0.15) is 0 Å². The van der Waals surface area contributed by atoms with Crippen LogP contribution >= 0.6 is 0 Å². The highest BCUT2D eigenvalue weighted by atomic mass is 16.2. The Hall–Kier alpha value is -2.49. The van der Waals surface area contributed by atoms with Crippen molar-refractivity contribution in [3.05, 3.63) is 59.2 Å². The molecule has 1 saturated heterocycles. The van der Waals surface area contributed by atoms with Gasteiger partial charge in [0.25, 0.3) is 0 Å². The topological polar surface area (TPSA) is 26.8 Å². The Morgan fingerprint density at radius 2 is 1.52 bits per heavy atom. The van der Waals surface area contributed by atoms with E-state index < -0.39 is 0 Å². The van der Waals surface area contributed by atoms with Crippen molar-refractivity contribution < 1.29 is 4.79 Å². The molecule has 4 nitrogen and oxygen atoms in total. The van der Waals surface area contributed by atoms with Gasteiger partial charge >= 0.3 is 6.03 Å². The Balaban J connectivity index is 1.62. The summed E-state index contributed by atoms with van der Waals surface area (Å²) in [6.45, 7) is 9.58. The summed E-state index contributed by atoms with van der Waals surface area (Å²) in [7, 11) is 1.85. The Bertz CT molecular complexity index is 746.